The van der Waals surface area contributed by atoms with Crippen molar-refractivity contribution in [2.24, 2.45) is 0 Å². The zero-order valence-electron chi connectivity index (χ0n) is 13.1. The van der Waals surface area contributed by atoms with Gasteiger partial charge >= 0.3 is 25.8 Å². The molecule has 0 heterocycles. The number of rotatable bonds is 6. The van der Waals surface area contributed by atoms with E-state index in [1.165, 1.54) is 49.7 Å². The molecule has 0 nitrogen and oxygen atoms in total. The zero-order valence-corrected chi connectivity index (χ0v) is 19.9. The second-order valence-electron chi connectivity index (χ2n) is 4.79. The van der Waals surface area contributed by atoms with Crippen LogP contribution in [0, 0.1) is 0 Å². The quantitative estimate of drug-likeness (QED) is 0.320. The largest absolute Gasteiger partial charge is 4.00 e. The minimum absolute atomic E-state index is 0. The van der Waals surface area contributed by atoms with Crippen LogP contribution < -0.4 is 34.0 Å². The molecule has 0 aliphatic heterocycles. The minimum Gasteiger partial charge on any atom is -1.00 e. The topological polar surface area (TPSA) is 0 Å². The van der Waals surface area contributed by atoms with E-state index in [-0.39, 0.29) is 59.8 Å². The van der Waals surface area contributed by atoms with E-state index in [2.05, 4.69) is 62.4 Å². The summed E-state index contributed by atoms with van der Waals surface area (Å²) in [7, 11) is 0. The van der Waals surface area contributed by atoms with Crippen LogP contribution in [-0.4, -0.2) is 0 Å². The van der Waals surface area contributed by atoms with E-state index in [0.717, 1.165) is 0 Å². The predicted octanol–water partition coefficient (Wildman–Crippen LogP) is -0.498. The van der Waals surface area contributed by atoms with Gasteiger partial charge in [-0.3, -0.25) is 0 Å². The Labute approximate surface area is 170 Å². The van der Waals surface area contributed by atoms with Crippen molar-refractivity contribution in [3.05, 3.63) is 59.7 Å². The first-order valence-electron chi connectivity index (χ1n) is 7.28. The Bertz CT molecular complexity index is 328. The van der Waals surface area contributed by atoms with Gasteiger partial charge in [0, 0.05) is 0 Å². The molecular formula is C18H26Br2Hf. The number of hydrogen-bond acceptors (Lipinski definition) is 0. The molecule has 0 saturated carbocycles. The van der Waals surface area contributed by atoms with E-state index in [1.807, 2.05) is 0 Å². The van der Waals surface area contributed by atoms with Gasteiger partial charge in [0.05, 0.1) is 0 Å². The molecule has 0 bridgehead atoms. The molecule has 0 N–H and O–H groups in total. The Kier molecular flexibility index (Phi) is 23.4. The summed E-state index contributed by atoms with van der Waals surface area (Å²) in [6.07, 6.45) is 7.75. The molecule has 0 saturated heterocycles. The molecule has 0 aliphatic carbocycles. The van der Waals surface area contributed by atoms with Crippen molar-refractivity contribution in [2.45, 2.75) is 52.4 Å². The van der Waals surface area contributed by atoms with Gasteiger partial charge in [-0.15, -0.1) is 0 Å². The van der Waals surface area contributed by atoms with Crippen molar-refractivity contribution in [2.75, 3.05) is 0 Å². The molecule has 2 rings (SSSR count). The number of unbranched alkanes of at least 4 members (excludes halogenated alkanes) is 2. The Hall–Kier alpha value is 0.530. The normalized spacial score (nSPS) is 8.48. The molecule has 0 unspecified atom stereocenters. The Balaban J connectivity index is -0.000000270. The van der Waals surface area contributed by atoms with Gasteiger partial charge in [0.15, 0.2) is 0 Å². The fourth-order valence-corrected chi connectivity index (χ4v) is 1.92. The van der Waals surface area contributed by atoms with Crippen molar-refractivity contribution < 1.29 is 59.8 Å². The van der Waals surface area contributed by atoms with E-state index < -0.39 is 0 Å². The summed E-state index contributed by atoms with van der Waals surface area (Å²) in [5, 5.41) is 0. The van der Waals surface area contributed by atoms with Crippen molar-refractivity contribution in [1.29, 1.82) is 0 Å². The third-order valence-electron chi connectivity index (χ3n) is 3.10. The van der Waals surface area contributed by atoms with Gasteiger partial charge < -0.3 is 34.0 Å². The molecule has 0 radical (unpaired) electrons. The standard InChI is InChI=1S/2C9H13.2BrH.Hf/c2*1-2-3-6-9-7-4-5-8-9;;;/h2*4-5,7-8H,2-3,6H2,1H3;2*1H;/q2*-1;;;+4/p-2. The maximum Gasteiger partial charge on any atom is 4.00 e. The molecule has 3 heteroatoms. The number of aryl methyl sites for hydroxylation is 2. The van der Waals surface area contributed by atoms with Crippen molar-refractivity contribution in [1.82, 2.24) is 0 Å². The van der Waals surface area contributed by atoms with Crippen molar-refractivity contribution in [3.8, 4) is 0 Å². The molecule has 0 amide bonds. The van der Waals surface area contributed by atoms with Gasteiger partial charge in [-0.25, -0.2) is 24.3 Å². The third kappa shape index (κ3) is 13.9. The zero-order chi connectivity index (χ0) is 13.1. The van der Waals surface area contributed by atoms with Gasteiger partial charge in [0.25, 0.3) is 0 Å². The molecule has 0 atom stereocenters. The first-order chi connectivity index (χ1) is 8.86. The average Bonchev–Trinajstić information content (AvgIpc) is 3.07. The molecular weight excluding hydrogens is 554 g/mol. The van der Waals surface area contributed by atoms with Crippen molar-refractivity contribution >= 4 is 0 Å². The van der Waals surface area contributed by atoms with E-state index in [1.54, 1.807) is 0 Å². The van der Waals surface area contributed by atoms with Crippen LogP contribution in [0.4, 0.5) is 0 Å². The van der Waals surface area contributed by atoms with Crippen LogP contribution in [0.25, 0.3) is 0 Å². The van der Waals surface area contributed by atoms with Gasteiger partial charge in [-0.1, -0.05) is 52.4 Å². The van der Waals surface area contributed by atoms with E-state index in [4.69, 9.17) is 0 Å². The van der Waals surface area contributed by atoms with Crippen LogP contribution in [0.3, 0.4) is 0 Å². The maximum absolute atomic E-state index is 2.23. The van der Waals surface area contributed by atoms with Crippen molar-refractivity contribution in [3.63, 3.8) is 0 Å². The minimum atomic E-state index is 0. The third-order valence-corrected chi connectivity index (χ3v) is 3.10. The van der Waals surface area contributed by atoms with Gasteiger partial charge in [-0.2, -0.15) is 35.4 Å². The Morgan fingerprint density at radius 3 is 1.14 bits per heavy atom. The monoisotopic (exact) mass is 580 g/mol. The Morgan fingerprint density at radius 2 is 0.905 bits per heavy atom. The molecule has 0 aliphatic rings. The second-order valence-corrected chi connectivity index (χ2v) is 4.79. The average molecular weight is 581 g/mol. The molecule has 0 fully saturated rings. The fraction of sp³-hybridized carbons (Fsp3) is 0.444. The summed E-state index contributed by atoms with van der Waals surface area (Å²) in [6.45, 7) is 4.45. The summed E-state index contributed by atoms with van der Waals surface area (Å²) in [5.41, 5.74) is 2.97. The van der Waals surface area contributed by atoms with E-state index in [0.29, 0.717) is 0 Å². The number of hydrogen-bond donors (Lipinski definition) is 0. The summed E-state index contributed by atoms with van der Waals surface area (Å²) in [5.74, 6) is 0. The predicted molar refractivity (Wildman–Crippen MR) is 81.3 cm³/mol. The smallest absolute Gasteiger partial charge is 1.00 e. The second kappa shape index (κ2) is 18.6. The first kappa shape index (κ1) is 26.4. The van der Waals surface area contributed by atoms with Crippen LogP contribution in [-0.2, 0) is 38.7 Å². The van der Waals surface area contributed by atoms with E-state index in [9.17, 15) is 0 Å². The van der Waals surface area contributed by atoms with Gasteiger partial charge in [0.1, 0.15) is 0 Å². The molecule has 0 spiro atoms. The first-order valence-corrected chi connectivity index (χ1v) is 7.28. The van der Waals surface area contributed by atoms with Gasteiger partial charge in [0.2, 0.25) is 0 Å². The molecule has 2 aromatic carbocycles. The number of halogens is 2. The summed E-state index contributed by atoms with van der Waals surface area (Å²) in [6, 6.07) is 17.2. The Morgan fingerprint density at radius 1 is 0.619 bits per heavy atom. The fourth-order valence-electron chi connectivity index (χ4n) is 1.92. The molecule has 0 aromatic heterocycles. The van der Waals surface area contributed by atoms with Gasteiger partial charge in [-0.05, 0) is 0 Å². The van der Waals surface area contributed by atoms with Crippen LogP contribution in [0.5, 0.6) is 0 Å². The van der Waals surface area contributed by atoms with Crippen LogP contribution in [0.2, 0.25) is 0 Å². The molecule has 116 valence electrons. The maximum atomic E-state index is 2.23. The molecule has 21 heavy (non-hydrogen) atoms. The summed E-state index contributed by atoms with van der Waals surface area (Å²) >= 11 is 0. The van der Waals surface area contributed by atoms with E-state index >= 15 is 0 Å². The summed E-state index contributed by atoms with van der Waals surface area (Å²) in [4.78, 5) is 0. The SMILES string of the molecule is CCCC[c-]1cccc1.CCCC[c-]1cccc1.[Br-].[Br-].[Hf+4]. The van der Waals surface area contributed by atoms with Crippen LogP contribution >= 0.6 is 0 Å². The van der Waals surface area contributed by atoms with Crippen LogP contribution in [0.15, 0.2) is 48.5 Å². The summed E-state index contributed by atoms with van der Waals surface area (Å²) < 4.78 is 0. The van der Waals surface area contributed by atoms with Crippen LogP contribution in [0.1, 0.15) is 50.7 Å². The molecule has 2 aromatic rings.